The molecule has 0 aliphatic carbocycles. The maximum Gasteiger partial charge on any atom is 0.227 e. The molecule has 2 aromatic carbocycles. The van der Waals surface area contributed by atoms with E-state index in [1.54, 1.807) is 7.11 Å². The molecule has 1 aliphatic heterocycles. The van der Waals surface area contributed by atoms with Gasteiger partial charge in [-0.3, -0.25) is 4.79 Å². The Bertz CT molecular complexity index is 699. The van der Waals surface area contributed by atoms with E-state index in [4.69, 9.17) is 4.74 Å². The van der Waals surface area contributed by atoms with Crippen LogP contribution in [-0.4, -0.2) is 33.2 Å². The van der Waals surface area contributed by atoms with Crippen LogP contribution in [0.15, 0.2) is 48.5 Å². The number of rotatable bonds is 4. The number of amides is 1. The number of benzene rings is 2. The number of anilines is 2. The van der Waals surface area contributed by atoms with Gasteiger partial charge in [0, 0.05) is 26.6 Å². The second-order valence-electron chi connectivity index (χ2n) is 5.77. The number of hydrogen-bond donors (Lipinski definition) is 0. The predicted molar refractivity (Wildman–Crippen MR) is 93.4 cm³/mol. The van der Waals surface area contributed by atoms with Gasteiger partial charge in [0.1, 0.15) is 5.75 Å². The highest BCUT2D eigenvalue weighted by molar-refractivity contribution is 5.97. The largest absolute Gasteiger partial charge is 0.496 e. The smallest absolute Gasteiger partial charge is 0.227 e. The minimum Gasteiger partial charge on any atom is -0.496 e. The second-order valence-corrected chi connectivity index (χ2v) is 5.77. The van der Waals surface area contributed by atoms with Crippen molar-refractivity contribution < 1.29 is 9.53 Å². The minimum atomic E-state index is 0.163. The lowest BCUT2D eigenvalue weighted by molar-refractivity contribution is -0.118. The number of fused-ring (bicyclic) bond motifs is 1. The monoisotopic (exact) mass is 310 g/mol. The first-order valence-electron chi connectivity index (χ1n) is 7.93. The summed E-state index contributed by atoms with van der Waals surface area (Å²) in [6.07, 6.45) is 1.18. The molecule has 3 rings (SSSR count). The van der Waals surface area contributed by atoms with E-state index in [0.29, 0.717) is 12.8 Å². The summed E-state index contributed by atoms with van der Waals surface area (Å²) in [5, 5.41) is 0. The Morgan fingerprint density at radius 3 is 2.52 bits per heavy atom. The molecule has 0 aromatic heterocycles. The van der Waals surface area contributed by atoms with Crippen molar-refractivity contribution in [2.75, 3.05) is 37.0 Å². The Labute approximate surface area is 137 Å². The van der Waals surface area contributed by atoms with Crippen LogP contribution in [0.5, 0.6) is 5.75 Å². The average Bonchev–Trinajstić information content (AvgIpc) is 2.60. The van der Waals surface area contributed by atoms with Crippen molar-refractivity contribution in [2.45, 2.75) is 12.8 Å². The number of likely N-dealkylation sites (N-methyl/N-ethyl adjacent to an activating group) is 1. The van der Waals surface area contributed by atoms with E-state index in [9.17, 15) is 4.79 Å². The maximum absolute atomic E-state index is 12.7. The number of hydrogen-bond acceptors (Lipinski definition) is 3. The highest BCUT2D eigenvalue weighted by Gasteiger charge is 2.24. The lowest BCUT2D eigenvalue weighted by atomic mass is 10.1. The Balaban J connectivity index is 1.73. The van der Waals surface area contributed by atoms with Gasteiger partial charge in [-0.05, 0) is 30.2 Å². The molecule has 120 valence electrons. The Kier molecular flexibility index (Phi) is 4.51. The zero-order valence-corrected chi connectivity index (χ0v) is 13.7. The van der Waals surface area contributed by atoms with Crippen LogP contribution in [0.25, 0.3) is 0 Å². The molecule has 4 nitrogen and oxygen atoms in total. The van der Waals surface area contributed by atoms with E-state index in [1.807, 2.05) is 47.4 Å². The molecule has 1 heterocycles. The topological polar surface area (TPSA) is 32.8 Å². The molecule has 0 atom stereocenters. The molecule has 0 bridgehead atoms. The van der Waals surface area contributed by atoms with Crippen molar-refractivity contribution in [2.24, 2.45) is 0 Å². The zero-order chi connectivity index (χ0) is 16.2. The minimum absolute atomic E-state index is 0.163. The molecule has 1 amide bonds. The molecule has 0 N–H and O–H groups in total. The number of methoxy groups -OCH3 is 1. The van der Waals surface area contributed by atoms with Crippen LogP contribution in [0, 0.1) is 0 Å². The molecule has 0 saturated carbocycles. The van der Waals surface area contributed by atoms with Crippen LogP contribution in [0.4, 0.5) is 11.4 Å². The molecule has 0 unspecified atom stereocenters. The number of carbonyl (C=O) groups excluding carboxylic acids is 1. The zero-order valence-electron chi connectivity index (χ0n) is 13.7. The van der Waals surface area contributed by atoms with Gasteiger partial charge < -0.3 is 14.5 Å². The number of aryl methyl sites for hydroxylation is 1. The number of carbonyl (C=O) groups is 1. The van der Waals surface area contributed by atoms with Gasteiger partial charge in [-0.25, -0.2) is 0 Å². The standard InChI is InChI=1S/C19H22N2O2/c1-20-13-14-21(17-9-5-4-8-16(17)20)19(22)12-11-15-7-3-6-10-18(15)23-2/h3-10H,11-14H2,1-2H3. The van der Waals surface area contributed by atoms with Crippen molar-refractivity contribution in [1.82, 2.24) is 0 Å². The molecule has 1 aliphatic rings. The van der Waals surface area contributed by atoms with Gasteiger partial charge in [-0.15, -0.1) is 0 Å². The van der Waals surface area contributed by atoms with Gasteiger partial charge in [-0.1, -0.05) is 30.3 Å². The second kappa shape index (κ2) is 6.73. The van der Waals surface area contributed by atoms with Crippen LogP contribution in [0.1, 0.15) is 12.0 Å². The summed E-state index contributed by atoms with van der Waals surface area (Å²) in [6.45, 7) is 1.59. The first-order valence-corrected chi connectivity index (χ1v) is 7.93. The average molecular weight is 310 g/mol. The SMILES string of the molecule is COc1ccccc1CCC(=O)N1CCN(C)c2ccccc21. The van der Waals surface area contributed by atoms with Crippen molar-refractivity contribution in [3.05, 3.63) is 54.1 Å². The van der Waals surface area contributed by atoms with Crippen LogP contribution < -0.4 is 14.5 Å². The summed E-state index contributed by atoms with van der Waals surface area (Å²) in [6, 6.07) is 16.0. The molecule has 4 heteroatoms. The molecular weight excluding hydrogens is 288 g/mol. The third-order valence-electron chi connectivity index (χ3n) is 4.34. The summed E-state index contributed by atoms with van der Waals surface area (Å²) in [7, 11) is 3.73. The third-order valence-corrected chi connectivity index (χ3v) is 4.34. The number of para-hydroxylation sites is 3. The van der Waals surface area contributed by atoms with Crippen LogP contribution in [0.3, 0.4) is 0 Å². The van der Waals surface area contributed by atoms with Crippen LogP contribution >= 0.6 is 0 Å². The van der Waals surface area contributed by atoms with Crippen molar-refractivity contribution in [1.29, 1.82) is 0 Å². The number of nitrogens with zero attached hydrogens (tertiary/aromatic N) is 2. The first kappa shape index (κ1) is 15.4. The quantitative estimate of drug-likeness (QED) is 0.870. The van der Waals surface area contributed by atoms with Crippen LogP contribution in [-0.2, 0) is 11.2 Å². The molecule has 23 heavy (non-hydrogen) atoms. The van der Waals surface area contributed by atoms with Gasteiger partial charge in [0.15, 0.2) is 0 Å². The normalized spacial score (nSPS) is 13.7. The van der Waals surface area contributed by atoms with Gasteiger partial charge in [0.25, 0.3) is 0 Å². The molecule has 0 saturated heterocycles. The Morgan fingerprint density at radius 2 is 1.74 bits per heavy atom. The first-order chi connectivity index (χ1) is 11.2. The highest BCUT2D eigenvalue weighted by atomic mass is 16.5. The van der Waals surface area contributed by atoms with E-state index in [-0.39, 0.29) is 5.91 Å². The molecular formula is C19H22N2O2. The van der Waals surface area contributed by atoms with Crippen molar-refractivity contribution in [3.8, 4) is 5.75 Å². The van der Waals surface area contributed by atoms with Gasteiger partial charge >= 0.3 is 0 Å². The lowest BCUT2D eigenvalue weighted by Gasteiger charge is -2.35. The molecule has 0 radical (unpaired) electrons. The summed E-state index contributed by atoms with van der Waals surface area (Å²) in [4.78, 5) is 16.8. The summed E-state index contributed by atoms with van der Waals surface area (Å²) in [5.41, 5.74) is 3.20. The fourth-order valence-electron chi connectivity index (χ4n) is 3.05. The highest BCUT2D eigenvalue weighted by Crippen LogP contribution is 2.32. The number of ether oxygens (including phenoxy) is 1. The van der Waals surface area contributed by atoms with Crippen LogP contribution in [0.2, 0.25) is 0 Å². The molecule has 0 fully saturated rings. The predicted octanol–water partition coefficient (Wildman–Crippen LogP) is 3.11. The lowest BCUT2D eigenvalue weighted by Crippen LogP contribution is -2.42. The van der Waals surface area contributed by atoms with E-state index in [2.05, 4.69) is 18.0 Å². The third kappa shape index (κ3) is 3.16. The van der Waals surface area contributed by atoms with Gasteiger partial charge in [-0.2, -0.15) is 0 Å². The fourth-order valence-corrected chi connectivity index (χ4v) is 3.05. The van der Waals surface area contributed by atoms with E-state index >= 15 is 0 Å². The van der Waals surface area contributed by atoms with Gasteiger partial charge in [0.2, 0.25) is 5.91 Å². The van der Waals surface area contributed by atoms with Crippen molar-refractivity contribution >= 4 is 17.3 Å². The van der Waals surface area contributed by atoms with E-state index in [1.165, 1.54) is 0 Å². The van der Waals surface area contributed by atoms with Gasteiger partial charge in [0.05, 0.1) is 18.5 Å². The molecule has 2 aromatic rings. The summed E-state index contributed by atoms with van der Waals surface area (Å²) in [5.74, 6) is 1.01. The van der Waals surface area contributed by atoms with Crippen molar-refractivity contribution in [3.63, 3.8) is 0 Å². The van der Waals surface area contributed by atoms with E-state index < -0.39 is 0 Å². The summed E-state index contributed by atoms with van der Waals surface area (Å²) < 4.78 is 5.36. The Morgan fingerprint density at radius 1 is 1.04 bits per heavy atom. The summed E-state index contributed by atoms with van der Waals surface area (Å²) >= 11 is 0. The maximum atomic E-state index is 12.7. The van der Waals surface area contributed by atoms with E-state index in [0.717, 1.165) is 35.8 Å². The molecule has 0 spiro atoms. The Hall–Kier alpha value is -2.49. The fraction of sp³-hybridized carbons (Fsp3) is 0.316.